The Balaban J connectivity index is 1.92. The molecule has 1 aromatic heterocycles. The van der Waals surface area contributed by atoms with Crippen LogP contribution in [-0.4, -0.2) is 59.3 Å². The van der Waals surface area contributed by atoms with Crippen molar-refractivity contribution in [1.29, 1.82) is 0 Å². The van der Waals surface area contributed by atoms with Gasteiger partial charge in [0.25, 0.3) is 0 Å². The molecule has 0 aliphatic carbocycles. The summed E-state index contributed by atoms with van der Waals surface area (Å²) in [5, 5.41) is 0.756. The Morgan fingerprint density at radius 2 is 1.93 bits per heavy atom. The minimum absolute atomic E-state index is 0.168. The van der Waals surface area contributed by atoms with Crippen molar-refractivity contribution >= 4 is 23.0 Å². The number of likely N-dealkylation sites (tertiary alicyclic amines) is 1. The van der Waals surface area contributed by atoms with E-state index in [9.17, 15) is 9.59 Å². The topological polar surface area (TPSA) is 90.9 Å². The number of carbonyl (C=O) groups excluding carboxylic acids is 2. The molecule has 2 aromatic rings. The average molecular weight is 401 g/mol. The molecule has 1 aliphatic rings. The fourth-order valence-electron chi connectivity index (χ4n) is 3.55. The lowest BCUT2D eigenvalue weighted by atomic mass is 9.71. The largest absolute Gasteiger partial charge is 0.480 e. The second-order valence-corrected chi connectivity index (χ2v) is 8.21. The van der Waals surface area contributed by atoms with Gasteiger partial charge in [0.15, 0.2) is 0 Å². The quantitative estimate of drug-likeness (QED) is 0.711. The van der Waals surface area contributed by atoms with E-state index in [2.05, 4.69) is 9.97 Å². The number of carbonyl (C=O) groups is 2. The Labute approximate surface area is 170 Å². The fraction of sp³-hybridized carbons (Fsp3) is 0.524. The molecule has 29 heavy (non-hydrogen) atoms. The maximum atomic E-state index is 12.4. The minimum Gasteiger partial charge on any atom is -0.480 e. The van der Waals surface area contributed by atoms with E-state index in [-0.39, 0.29) is 12.4 Å². The highest BCUT2D eigenvalue weighted by Gasteiger charge is 2.49. The standard InChI is InChI=1S/C21H27N3O5/c1-6-28-17(25)10-21(11-24(12-21)19(26)29-20(2,3)4)14-7-8-16-15(9-14)18(27-5)23-13-22-16/h7-9,13H,6,10-12H2,1-5H3. The Bertz CT molecular complexity index is 916. The van der Waals surface area contributed by atoms with E-state index in [0.717, 1.165) is 16.5 Å². The lowest BCUT2D eigenvalue weighted by molar-refractivity contribution is -0.146. The maximum Gasteiger partial charge on any atom is 0.410 e. The number of hydrogen-bond acceptors (Lipinski definition) is 7. The summed E-state index contributed by atoms with van der Waals surface area (Å²) in [6, 6.07) is 5.73. The Morgan fingerprint density at radius 1 is 1.21 bits per heavy atom. The third kappa shape index (κ3) is 4.41. The lowest BCUT2D eigenvalue weighted by Crippen LogP contribution is -2.62. The summed E-state index contributed by atoms with van der Waals surface area (Å²) in [4.78, 5) is 34.8. The van der Waals surface area contributed by atoms with Gasteiger partial charge in [-0.2, -0.15) is 0 Å². The van der Waals surface area contributed by atoms with Crippen molar-refractivity contribution in [3.8, 4) is 5.88 Å². The van der Waals surface area contributed by atoms with Gasteiger partial charge in [0, 0.05) is 18.5 Å². The normalized spacial score (nSPS) is 15.6. The Morgan fingerprint density at radius 3 is 2.55 bits per heavy atom. The average Bonchev–Trinajstić information content (AvgIpc) is 2.62. The predicted molar refractivity (Wildman–Crippen MR) is 107 cm³/mol. The monoisotopic (exact) mass is 401 g/mol. The van der Waals surface area contributed by atoms with Crippen LogP contribution in [0.3, 0.4) is 0 Å². The molecule has 1 aromatic carbocycles. The molecule has 0 bridgehead atoms. The molecule has 0 saturated carbocycles. The van der Waals surface area contributed by atoms with Gasteiger partial charge in [0.2, 0.25) is 5.88 Å². The van der Waals surface area contributed by atoms with Crippen molar-refractivity contribution in [3.63, 3.8) is 0 Å². The van der Waals surface area contributed by atoms with Crippen LogP contribution in [0.2, 0.25) is 0 Å². The van der Waals surface area contributed by atoms with Crippen molar-refractivity contribution in [2.24, 2.45) is 0 Å². The summed E-state index contributed by atoms with van der Waals surface area (Å²) in [6.45, 7) is 8.29. The van der Waals surface area contributed by atoms with Crippen LogP contribution in [-0.2, 0) is 19.7 Å². The molecule has 3 rings (SSSR count). The molecule has 156 valence electrons. The first kappa shape index (κ1) is 20.8. The van der Waals surface area contributed by atoms with Crippen LogP contribution in [0.25, 0.3) is 10.9 Å². The van der Waals surface area contributed by atoms with Gasteiger partial charge in [-0.15, -0.1) is 0 Å². The molecular weight excluding hydrogens is 374 g/mol. The van der Waals surface area contributed by atoms with Crippen LogP contribution >= 0.6 is 0 Å². The van der Waals surface area contributed by atoms with Crippen molar-refractivity contribution < 1.29 is 23.8 Å². The summed E-state index contributed by atoms with van der Waals surface area (Å²) in [5.41, 5.74) is 0.517. The molecule has 8 heteroatoms. The molecule has 0 spiro atoms. The number of esters is 1. The summed E-state index contributed by atoms with van der Waals surface area (Å²) < 4.78 is 16.0. The van der Waals surface area contributed by atoms with Crippen LogP contribution in [0, 0.1) is 0 Å². The summed E-state index contributed by atoms with van der Waals surface area (Å²) in [6.07, 6.45) is 1.23. The smallest absolute Gasteiger partial charge is 0.410 e. The molecule has 1 fully saturated rings. The van der Waals surface area contributed by atoms with Gasteiger partial charge >= 0.3 is 12.1 Å². The summed E-state index contributed by atoms with van der Waals surface area (Å²) in [7, 11) is 1.55. The zero-order valence-electron chi connectivity index (χ0n) is 17.5. The van der Waals surface area contributed by atoms with Gasteiger partial charge in [-0.1, -0.05) is 6.07 Å². The molecule has 0 N–H and O–H groups in total. The van der Waals surface area contributed by atoms with Gasteiger partial charge in [0.05, 0.1) is 31.0 Å². The van der Waals surface area contributed by atoms with E-state index in [1.165, 1.54) is 6.33 Å². The van der Waals surface area contributed by atoms with Gasteiger partial charge < -0.3 is 19.1 Å². The molecule has 1 amide bonds. The van der Waals surface area contributed by atoms with Crippen LogP contribution in [0.4, 0.5) is 4.79 Å². The highest BCUT2D eigenvalue weighted by molar-refractivity contribution is 5.85. The highest BCUT2D eigenvalue weighted by Crippen LogP contribution is 2.40. The van der Waals surface area contributed by atoms with Gasteiger partial charge in [-0.25, -0.2) is 14.8 Å². The number of aromatic nitrogens is 2. The summed E-state index contributed by atoms with van der Waals surface area (Å²) >= 11 is 0. The highest BCUT2D eigenvalue weighted by atomic mass is 16.6. The van der Waals surface area contributed by atoms with Crippen molar-refractivity contribution in [2.75, 3.05) is 26.8 Å². The van der Waals surface area contributed by atoms with Gasteiger partial charge in [-0.3, -0.25) is 4.79 Å². The van der Waals surface area contributed by atoms with Crippen LogP contribution in [0.1, 0.15) is 39.7 Å². The molecule has 1 saturated heterocycles. The van der Waals surface area contributed by atoms with E-state index in [1.807, 2.05) is 39.0 Å². The Hall–Kier alpha value is -2.90. The van der Waals surface area contributed by atoms with E-state index in [0.29, 0.717) is 25.6 Å². The van der Waals surface area contributed by atoms with Crippen molar-refractivity contribution in [3.05, 3.63) is 30.1 Å². The minimum atomic E-state index is -0.579. The first-order valence-corrected chi connectivity index (χ1v) is 9.60. The number of hydrogen-bond donors (Lipinski definition) is 0. The van der Waals surface area contributed by atoms with E-state index in [4.69, 9.17) is 14.2 Å². The van der Waals surface area contributed by atoms with Crippen LogP contribution < -0.4 is 4.74 Å². The molecule has 0 unspecified atom stereocenters. The van der Waals surface area contributed by atoms with E-state index in [1.54, 1.807) is 18.9 Å². The number of benzene rings is 1. The zero-order chi connectivity index (χ0) is 21.2. The third-order valence-electron chi connectivity index (χ3n) is 4.83. The SMILES string of the molecule is CCOC(=O)CC1(c2ccc3ncnc(OC)c3c2)CN(C(=O)OC(C)(C)C)C1. The maximum absolute atomic E-state index is 12.4. The first-order chi connectivity index (χ1) is 13.7. The number of fused-ring (bicyclic) bond motifs is 1. The number of rotatable bonds is 5. The van der Waals surface area contributed by atoms with Crippen molar-refractivity contribution in [1.82, 2.24) is 14.9 Å². The van der Waals surface area contributed by atoms with E-state index < -0.39 is 17.1 Å². The van der Waals surface area contributed by atoms with Gasteiger partial charge in [0.1, 0.15) is 11.9 Å². The van der Waals surface area contributed by atoms with E-state index >= 15 is 0 Å². The molecule has 2 heterocycles. The number of nitrogens with zero attached hydrogens (tertiary/aromatic N) is 3. The molecular formula is C21H27N3O5. The predicted octanol–water partition coefficient (Wildman–Crippen LogP) is 3.08. The number of ether oxygens (including phenoxy) is 3. The fourth-order valence-corrected chi connectivity index (χ4v) is 3.55. The first-order valence-electron chi connectivity index (χ1n) is 9.60. The third-order valence-corrected chi connectivity index (χ3v) is 4.83. The zero-order valence-corrected chi connectivity index (χ0v) is 17.5. The molecule has 0 atom stereocenters. The number of methoxy groups -OCH3 is 1. The number of amides is 1. The van der Waals surface area contributed by atoms with Gasteiger partial charge in [-0.05, 0) is 45.4 Å². The summed E-state index contributed by atoms with van der Waals surface area (Å²) in [5.74, 6) is 0.166. The second-order valence-electron chi connectivity index (χ2n) is 8.21. The molecule has 8 nitrogen and oxygen atoms in total. The Kier molecular flexibility index (Phi) is 5.64. The van der Waals surface area contributed by atoms with Crippen LogP contribution in [0.5, 0.6) is 5.88 Å². The van der Waals surface area contributed by atoms with Crippen LogP contribution in [0.15, 0.2) is 24.5 Å². The molecule has 1 aliphatic heterocycles. The van der Waals surface area contributed by atoms with Crippen molar-refractivity contribution in [2.45, 2.75) is 45.1 Å². The lowest BCUT2D eigenvalue weighted by Gasteiger charge is -2.49. The molecule has 0 radical (unpaired) electrons. The second kappa shape index (κ2) is 7.85.